The molecule has 1 aliphatic heterocycles. The molecule has 0 bridgehead atoms. The highest BCUT2D eigenvalue weighted by atomic mass is 16.5. The van der Waals surface area contributed by atoms with Crippen molar-refractivity contribution in [2.24, 2.45) is 0 Å². The molecule has 4 nitrogen and oxygen atoms in total. The molecule has 4 heteroatoms. The van der Waals surface area contributed by atoms with Gasteiger partial charge in [0.15, 0.2) is 11.5 Å². The van der Waals surface area contributed by atoms with Gasteiger partial charge in [-0.3, -0.25) is 0 Å². The second kappa shape index (κ2) is 6.44. The largest absolute Gasteiger partial charge is 0.490 e. The lowest BCUT2D eigenvalue weighted by Gasteiger charge is -2.37. The van der Waals surface area contributed by atoms with Gasteiger partial charge in [-0.15, -0.1) is 0 Å². The van der Waals surface area contributed by atoms with Gasteiger partial charge in [-0.1, -0.05) is 6.07 Å². The van der Waals surface area contributed by atoms with Crippen molar-refractivity contribution in [1.82, 2.24) is 4.90 Å². The highest BCUT2D eigenvalue weighted by Gasteiger charge is 2.45. The zero-order valence-electron chi connectivity index (χ0n) is 14.3. The molecule has 2 atom stereocenters. The fourth-order valence-electron chi connectivity index (χ4n) is 3.96. The summed E-state index contributed by atoms with van der Waals surface area (Å²) in [5, 5.41) is 10.0. The standard InChI is InChI=1S/C19H27NO3/c1-4-22-16-7-6-14(12-17(16)23-5-2)19-9-8-15(21)13-18(19)20(3)11-10-19/h6-7,12-13,15,21H,4-5,8-11H2,1-3H3/t15-,19-/m0/s1. The minimum Gasteiger partial charge on any atom is -0.490 e. The van der Waals surface area contributed by atoms with Gasteiger partial charge in [-0.05, 0) is 56.9 Å². The summed E-state index contributed by atoms with van der Waals surface area (Å²) in [5.74, 6) is 1.63. The van der Waals surface area contributed by atoms with Gasteiger partial charge >= 0.3 is 0 Å². The normalized spacial score (nSPS) is 26.7. The number of aliphatic hydroxyl groups excluding tert-OH is 1. The number of allylic oxidation sites excluding steroid dienone is 1. The lowest BCUT2D eigenvalue weighted by atomic mass is 9.70. The Kier molecular flexibility index (Phi) is 4.53. The van der Waals surface area contributed by atoms with Gasteiger partial charge in [-0.2, -0.15) is 0 Å². The van der Waals surface area contributed by atoms with E-state index in [0.29, 0.717) is 13.2 Å². The predicted molar refractivity (Wildman–Crippen MR) is 91.0 cm³/mol. The number of rotatable bonds is 5. The van der Waals surface area contributed by atoms with Crippen LogP contribution in [0.3, 0.4) is 0 Å². The van der Waals surface area contributed by atoms with Crippen molar-refractivity contribution in [2.45, 2.75) is 44.6 Å². The Balaban J connectivity index is 2.03. The first-order valence-corrected chi connectivity index (χ1v) is 8.62. The van der Waals surface area contributed by atoms with E-state index in [-0.39, 0.29) is 11.5 Å². The second-order valence-electron chi connectivity index (χ2n) is 6.44. The van der Waals surface area contributed by atoms with E-state index < -0.39 is 0 Å². The average molecular weight is 317 g/mol. The predicted octanol–water partition coefficient (Wildman–Crippen LogP) is 3.10. The van der Waals surface area contributed by atoms with Gasteiger partial charge < -0.3 is 19.5 Å². The van der Waals surface area contributed by atoms with Crippen molar-refractivity contribution in [1.29, 1.82) is 0 Å². The molecule has 0 saturated carbocycles. The van der Waals surface area contributed by atoms with Crippen LogP contribution in [-0.2, 0) is 5.41 Å². The van der Waals surface area contributed by atoms with Crippen molar-refractivity contribution < 1.29 is 14.6 Å². The zero-order chi connectivity index (χ0) is 16.4. The zero-order valence-corrected chi connectivity index (χ0v) is 14.3. The Morgan fingerprint density at radius 3 is 2.65 bits per heavy atom. The fourth-order valence-corrected chi connectivity index (χ4v) is 3.96. The maximum atomic E-state index is 10.0. The van der Waals surface area contributed by atoms with Crippen LogP contribution in [0.15, 0.2) is 30.0 Å². The van der Waals surface area contributed by atoms with Gasteiger partial charge in [0.1, 0.15) is 0 Å². The van der Waals surface area contributed by atoms with Crippen LogP contribution in [0.2, 0.25) is 0 Å². The Morgan fingerprint density at radius 2 is 1.91 bits per heavy atom. The van der Waals surface area contributed by atoms with E-state index >= 15 is 0 Å². The third kappa shape index (κ3) is 2.80. The summed E-state index contributed by atoms with van der Waals surface area (Å²) < 4.78 is 11.5. The average Bonchev–Trinajstić information content (AvgIpc) is 2.88. The number of fused-ring (bicyclic) bond motifs is 1. The van der Waals surface area contributed by atoms with Crippen LogP contribution < -0.4 is 9.47 Å². The molecule has 0 aromatic heterocycles. The summed E-state index contributed by atoms with van der Waals surface area (Å²) >= 11 is 0. The Bertz CT molecular complexity index is 598. The Labute approximate surface area is 138 Å². The smallest absolute Gasteiger partial charge is 0.161 e. The highest BCUT2D eigenvalue weighted by Crippen LogP contribution is 2.50. The number of aliphatic hydroxyl groups is 1. The molecule has 23 heavy (non-hydrogen) atoms. The first-order valence-electron chi connectivity index (χ1n) is 8.62. The van der Waals surface area contributed by atoms with Gasteiger partial charge in [0.05, 0.1) is 19.3 Å². The first kappa shape index (κ1) is 16.2. The van der Waals surface area contributed by atoms with Crippen LogP contribution >= 0.6 is 0 Å². The number of hydrogen-bond acceptors (Lipinski definition) is 4. The molecule has 3 rings (SSSR count). The number of ether oxygens (including phenoxy) is 2. The molecule has 0 amide bonds. The third-order valence-electron chi connectivity index (χ3n) is 5.09. The number of likely N-dealkylation sites (N-methyl/N-ethyl adjacent to an activating group) is 1. The number of hydrogen-bond donors (Lipinski definition) is 1. The fraction of sp³-hybridized carbons (Fsp3) is 0.579. The molecule has 0 spiro atoms. The minimum atomic E-state index is -0.326. The van der Waals surface area contributed by atoms with E-state index in [4.69, 9.17) is 9.47 Å². The molecule has 1 aromatic carbocycles. The van der Waals surface area contributed by atoms with E-state index in [1.54, 1.807) is 0 Å². The SMILES string of the molecule is CCOc1ccc([C@@]23CC[C@H](O)C=C2N(C)CC3)cc1OCC. The lowest BCUT2D eigenvalue weighted by molar-refractivity contribution is 0.181. The van der Waals surface area contributed by atoms with Crippen molar-refractivity contribution in [3.63, 3.8) is 0 Å². The van der Waals surface area contributed by atoms with E-state index in [9.17, 15) is 5.11 Å². The van der Waals surface area contributed by atoms with Crippen LogP contribution in [0.25, 0.3) is 0 Å². The molecule has 2 aliphatic rings. The van der Waals surface area contributed by atoms with Gasteiger partial charge in [0.2, 0.25) is 0 Å². The Hall–Kier alpha value is -1.68. The number of nitrogens with zero attached hydrogens (tertiary/aromatic N) is 1. The van der Waals surface area contributed by atoms with Crippen LogP contribution in [0.4, 0.5) is 0 Å². The van der Waals surface area contributed by atoms with Crippen LogP contribution in [-0.4, -0.2) is 42.9 Å². The van der Waals surface area contributed by atoms with Crippen molar-refractivity contribution in [3.05, 3.63) is 35.5 Å². The minimum absolute atomic E-state index is 0.00454. The second-order valence-corrected chi connectivity index (χ2v) is 6.44. The maximum Gasteiger partial charge on any atom is 0.161 e. The Morgan fingerprint density at radius 1 is 1.17 bits per heavy atom. The van der Waals surface area contributed by atoms with Crippen LogP contribution in [0.1, 0.15) is 38.7 Å². The summed E-state index contributed by atoms with van der Waals surface area (Å²) in [6.07, 6.45) is 4.58. The maximum absolute atomic E-state index is 10.0. The lowest BCUT2D eigenvalue weighted by Crippen LogP contribution is -2.33. The first-order chi connectivity index (χ1) is 11.1. The number of benzene rings is 1. The van der Waals surface area contributed by atoms with E-state index in [1.807, 2.05) is 26.0 Å². The molecule has 1 aromatic rings. The topological polar surface area (TPSA) is 41.9 Å². The summed E-state index contributed by atoms with van der Waals surface area (Å²) in [7, 11) is 2.11. The summed E-state index contributed by atoms with van der Waals surface area (Å²) in [6, 6.07) is 6.33. The van der Waals surface area contributed by atoms with Gasteiger partial charge in [-0.25, -0.2) is 0 Å². The monoisotopic (exact) mass is 317 g/mol. The summed E-state index contributed by atoms with van der Waals surface area (Å²) in [6.45, 7) is 6.25. The van der Waals surface area contributed by atoms with Crippen molar-refractivity contribution in [3.8, 4) is 11.5 Å². The van der Waals surface area contributed by atoms with E-state index in [0.717, 1.165) is 37.3 Å². The molecule has 1 aliphatic carbocycles. The van der Waals surface area contributed by atoms with E-state index in [1.165, 1.54) is 11.3 Å². The van der Waals surface area contributed by atoms with Crippen molar-refractivity contribution >= 4 is 0 Å². The third-order valence-corrected chi connectivity index (χ3v) is 5.09. The molecule has 0 unspecified atom stereocenters. The van der Waals surface area contributed by atoms with Crippen molar-refractivity contribution in [2.75, 3.05) is 26.8 Å². The molecule has 1 heterocycles. The quantitative estimate of drug-likeness (QED) is 0.906. The van der Waals surface area contributed by atoms with Crippen LogP contribution in [0, 0.1) is 0 Å². The molecule has 1 N–H and O–H groups in total. The van der Waals surface area contributed by atoms with Crippen LogP contribution in [0.5, 0.6) is 11.5 Å². The summed E-state index contributed by atoms with van der Waals surface area (Å²) in [4.78, 5) is 2.28. The molecule has 0 radical (unpaired) electrons. The highest BCUT2D eigenvalue weighted by molar-refractivity contribution is 5.49. The number of likely N-dealkylation sites (tertiary alicyclic amines) is 1. The summed E-state index contributed by atoms with van der Waals surface area (Å²) in [5.41, 5.74) is 2.53. The molecule has 1 fully saturated rings. The molecular weight excluding hydrogens is 290 g/mol. The molecular formula is C19H27NO3. The van der Waals surface area contributed by atoms with E-state index in [2.05, 4.69) is 24.1 Å². The molecule has 1 saturated heterocycles. The molecule has 126 valence electrons. The van der Waals surface area contributed by atoms with Gasteiger partial charge in [0, 0.05) is 24.7 Å². The van der Waals surface area contributed by atoms with Gasteiger partial charge in [0.25, 0.3) is 0 Å².